The van der Waals surface area contributed by atoms with E-state index < -0.39 is 0 Å². The van der Waals surface area contributed by atoms with Gasteiger partial charge in [0.1, 0.15) is 21.3 Å². The van der Waals surface area contributed by atoms with E-state index in [0.29, 0.717) is 29.7 Å². The van der Waals surface area contributed by atoms with Crippen LogP contribution in [0.4, 0.5) is 17.2 Å². The molecule has 0 unspecified atom stereocenters. The highest BCUT2D eigenvalue weighted by Crippen LogP contribution is 2.36. The summed E-state index contributed by atoms with van der Waals surface area (Å²) in [5.74, 6) is 0.981. The minimum absolute atomic E-state index is 0.318. The molecule has 7 heteroatoms. The van der Waals surface area contributed by atoms with Crippen LogP contribution < -0.4 is 10.6 Å². The van der Waals surface area contributed by atoms with Crippen LogP contribution in [0.15, 0.2) is 60.7 Å². The summed E-state index contributed by atoms with van der Waals surface area (Å²) >= 11 is 1.34. The van der Waals surface area contributed by atoms with E-state index in [-0.39, 0.29) is 5.97 Å². The van der Waals surface area contributed by atoms with Crippen LogP contribution in [0.3, 0.4) is 0 Å². The standard InChI is InChI=1S/C23H22N4O2S/c1-3-29-23(28)20-18(14-24-16-10-6-4-7-11-16)19-21(25-15(2)26-22(19)30-20)27-17-12-8-5-9-13-17/h4-13,24H,3,14H2,1-2H3,(H,25,26,27). The van der Waals surface area contributed by atoms with E-state index in [2.05, 4.69) is 20.6 Å². The molecule has 30 heavy (non-hydrogen) atoms. The van der Waals surface area contributed by atoms with Crippen molar-refractivity contribution in [2.24, 2.45) is 0 Å². The number of anilines is 3. The molecule has 0 spiro atoms. The van der Waals surface area contributed by atoms with Gasteiger partial charge in [0, 0.05) is 23.5 Å². The molecular weight excluding hydrogens is 396 g/mol. The summed E-state index contributed by atoms with van der Waals surface area (Å²) in [5, 5.41) is 7.62. The van der Waals surface area contributed by atoms with E-state index in [1.54, 1.807) is 6.92 Å². The highest BCUT2D eigenvalue weighted by Gasteiger charge is 2.23. The zero-order valence-electron chi connectivity index (χ0n) is 16.8. The Kier molecular flexibility index (Phi) is 5.90. The van der Waals surface area contributed by atoms with Gasteiger partial charge in [-0.3, -0.25) is 0 Å². The van der Waals surface area contributed by atoms with Gasteiger partial charge in [-0.1, -0.05) is 36.4 Å². The zero-order chi connectivity index (χ0) is 20.9. The Bertz CT molecular complexity index is 1160. The monoisotopic (exact) mass is 418 g/mol. The summed E-state index contributed by atoms with van der Waals surface area (Å²) in [4.78, 5) is 23.2. The van der Waals surface area contributed by atoms with Crippen molar-refractivity contribution in [2.75, 3.05) is 17.2 Å². The number of benzene rings is 2. The first-order valence-corrected chi connectivity index (χ1v) is 10.6. The van der Waals surface area contributed by atoms with Crippen LogP contribution >= 0.6 is 11.3 Å². The van der Waals surface area contributed by atoms with Crippen molar-refractivity contribution in [3.05, 3.63) is 76.9 Å². The molecule has 0 radical (unpaired) electrons. The molecular formula is C23H22N4O2S. The molecule has 2 heterocycles. The summed E-state index contributed by atoms with van der Waals surface area (Å²) in [6, 6.07) is 19.7. The lowest BCUT2D eigenvalue weighted by Gasteiger charge is -2.11. The molecule has 4 rings (SSSR count). The Morgan fingerprint density at radius 3 is 2.33 bits per heavy atom. The lowest BCUT2D eigenvalue weighted by molar-refractivity contribution is 0.0531. The second-order valence-corrected chi connectivity index (χ2v) is 7.64. The third-order valence-electron chi connectivity index (χ3n) is 4.50. The maximum atomic E-state index is 12.7. The van der Waals surface area contributed by atoms with Crippen molar-refractivity contribution in [2.45, 2.75) is 20.4 Å². The molecule has 0 aliphatic carbocycles. The SMILES string of the molecule is CCOC(=O)c1sc2nc(C)nc(Nc3ccccc3)c2c1CNc1ccccc1. The first kappa shape index (κ1) is 19.8. The number of aromatic nitrogens is 2. The number of ether oxygens (including phenoxy) is 1. The van der Waals surface area contributed by atoms with Gasteiger partial charge in [0.25, 0.3) is 0 Å². The molecule has 0 aliphatic rings. The fraction of sp³-hybridized carbons (Fsp3) is 0.174. The maximum absolute atomic E-state index is 12.7. The van der Waals surface area contributed by atoms with E-state index in [9.17, 15) is 4.79 Å². The van der Waals surface area contributed by atoms with Crippen molar-refractivity contribution in [3.63, 3.8) is 0 Å². The van der Waals surface area contributed by atoms with Crippen LogP contribution in [0.25, 0.3) is 10.2 Å². The summed E-state index contributed by atoms with van der Waals surface area (Å²) in [6.45, 7) is 4.42. The summed E-state index contributed by atoms with van der Waals surface area (Å²) in [6.07, 6.45) is 0. The van der Waals surface area contributed by atoms with Gasteiger partial charge in [-0.2, -0.15) is 0 Å². The quantitative estimate of drug-likeness (QED) is 0.384. The van der Waals surface area contributed by atoms with Crippen LogP contribution in [0.2, 0.25) is 0 Å². The van der Waals surface area contributed by atoms with Crippen LogP contribution in [-0.4, -0.2) is 22.5 Å². The normalized spacial score (nSPS) is 10.7. The molecule has 0 aliphatic heterocycles. The Morgan fingerprint density at radius 2 is 1.67 bits per heavy atom. The molecule has 152 valence electrons. The highest BCUT2D eigenvalue weighted by molar-refractivity contribution is 7.20. The number of para-hydroxylation sites is 2. The second-order valence-electron chi connectivity index (χ2n) is 6.64. The molecule has 0 fully saturated rings. The number of esters is 1. The molecule has 0 saturated carbocycles. The maximum Gasteiger partial charge on any atom is 0.348 e. The summed E-state index contributed by atoms with van der Waals surface area (Å²) < 4.78 is 5.31. The third-order valence-corrected chi connectivity index (χ3v) is 5.61. The molecule has 2 aromatic heterocycles. The average Bonchev–Trinajstić information content (AvgIpc) is 3.12. The molecule has 2 N–H and O–H groups in total. The number of rotatable bonds is 7. The van der Waals surface area contributed by atoms with Crippen molar-refractivity contribution in [1.29, 1.82) is 0 Å². The molecule has 0 bridgehead atoms. The van der Waals surface area contributed by atoms with Gasteiger partial charge in [-0.05, 0) is 38.1 Å². The fourth-order valence-corrected chi connectivity index (χ4v) is 4.32. The van der Waals surface area contributed by atoms with Crippen molar-refractivity contribution in [1.82, 2.24) is 9.97 Å². The van der Waals surface area contributed by atoms with E-state index in [1.165, 1.54) is 11.3 Å². The average molecular weight is 419 g/mol. The fourth-order valence-electron chi connectivity index (χ4n) is 3.19. The van der Waals surface area contributed by atoms with E-state index in [4.69, 9.17) is 4.74 Å². The number of aryl methyl sites for hydroxylation is 1. The number of thiophene rings is 1. The minimum Gasteiger partial charge on any atom is -0.462 e. The first-order valence-electron chi connectivity index (χ1n) is 9.74. The number of fused-ring (bicyclic) bond motifs is 1. The summed E-state index contributed by atoms with van der Waals surface area (Å²) in [5.41, 5.74) is 2.72. The smallest absolute Gasteiger partial charge is 0.348 e. The van der Waals surface area contributed by atoms with Crippen molar-refractivity contribution >= 4 is 44.7 Å². The van der Waals surface area contributed by atoms with E-state index in [1.807, 2.05) is 67.6 Å². The van der Waals surface area contributed by atoms with Crippen molar-refractivity contribution in [3.8, 4) is 0 Å². The Hall–Kier alpha value is -3.45. The highest BCUT2D eigenvalue weighted by atomic mass is 32.1. The van der Waals surface area contributed by atoms with Crippen LogP contribution in [0.5, 0.6) is 0 Å². The van der Waals surface area contributed by atoms with E-state index >= 15 is 0 Å². The molecule has 0 saturated heterocycles. The van der Waals surface area contributed by atoms with Crippen LogP contribution in [0.1, 0.15) is 28.0 Å². The number of hydrogen-bond donors (Lipinski definition) is 2. The second kappa shape index (κ2) is 8.92. The topological polar surface area (TPSA) is 76.1 Å². The molecule has 0 atom stereocenters. The molecule has 6 nitrogen and oxygen atoms in total. The van der Waals surface area contributed by atoms with Crippen molar-refractivity contribution < 1.29 is 9.53 Å². The number of nitrogens with one attached hydrogen (secondary N) is 2. The number of nitrogens with zero attached hydrogens (tertiary/aromatic N) is 2. The van der Waals surface area contributed by atoms with Gasteiger partial charge < -0.3 is 15.4 Å². The minimum atomic E-state index is -0.339. The van der Waals surface area contributed by atoms with E-state index in [0.717, 1.165) is 27.2 Å². The van der Waals surface area contributed by atoms with Gasteiger partial charge in [0.15, 0.2) is 0 Å². The predicted octanol–water partition coefficient (Wildman–Crippen LogP) is 5.53. The summed E-state index contributed by atoms with van der Waals surface area (Å²) in [7, 11) is 0. The van der Waals surface area contributed by atoms with Crippen LogP contribution in [0, 0.1) is 6.92 Å². The third kappa shape index (κ3) is 4.26. The van der Waals surface area contributed by atoms with Gasteiger partial charge in [-0.25, -0.2) is 14.8 Å². The lowest BCUT2D eigenvalue weighted by atomic mass is 10.1. The zero-order valence-corrected chi connectivity index (χ0v) is 17.6. The number of hydrogen-bond acceptors (Lipinski definition) is 7. The first-order chi connectivity index (χ1) is 14.7. The molecule has 4 aromatic rings. The molecule has 0 amide bonds. The van der Waals surface area contributed by atoms with Gasteiger partial charge in [0.2, 0.25) is 0 Å². The van der Waals surface area contributed by atoms with Gasteiger partial charge in [0.05, 0.1) is 12.0 Å². The number of carbonyl (C=O) groups is 1. The predicted molar refractivity (Wildman–Crippen MR) is 122 cm³/mol. The largest absolute Gasteiger partial charge is 0.462 e. The lowest BCUT2D eigenvalue weighted by Crippen LogP contribution is -2.09. The Balaban J connectivity index is 1.81. The van der Waals surface area contributed by atoms with Gasteiger partial charge >= 0.3 is 5.97 Å². The molecule has 2 aromatic carbocycles. The van der Waals surface area contributed by atoms with Gasteiger partial charge in [-0.15, -0.1) is 11.3 Å². The Morgan fingerprint density at radius 1 is 1.00 bits per heavy atom. The number of carbonyl (C=O) groups excluding carboxylic acids is 1. The Labute approximate surface area is 179 Å². The van der Waals surface area contributed by atoms with Crippen LogP contribution in [-0.2, 0) is 11.3 Å².